The maximum absolute atomic E-state index is 14.3. The van der Waals surface area contributed by atoms with Crippen LogP contribution in [0.25, 0.3) is 10.8 Å². The molecule has 254 valence electrons. The van der Waals surface area contributed by atoms with Crippen LogP contribution in [-0.2, 0) is 31.3 Å². The van der Waals surface area contributed by atoms with Crippen LogP contribution in [0, 0.1) is 6.92 Å². The van der Waals surface area contributed by atoms with Gasteiger partial charge in [0.15, 0.2) is 0 Å². The summed E-state index contributed by atoms with van der Waals surface area (Å²) in [4.78, 5) is 22.7. The van der Waals surface area contributed by atoms with E-state index in [1.807, 2.05) is 37.3 Å². The number of piperazine rings is 1. The minimum atomic E-state index is -4.14. The van der Waals surface area contributed by atoms with Crippen molar-refractivity contribution in [1.82, 2.24) is 14.2 Å². The molecule has 0 saturated carbocycles. The summed E-state index contributed by atoms with van der Waals surface area (Å²) in [6, 6.07) is 29.1. The smallest absolute Gasteiger partial charge is 0.264 e. The van der Waals surface area contributed by atoms with Gasteiger partial charge in [-0.3, -0.25) is 14.1 Å². The second-order valence-electron chi connectivity index (χ2n) is 12.2. The van der Waals surface area contributed by atoms with Gasteiger partial charge in [-0.15, -0.1) is 0 Å². The van der Waals surface area contributed by atoms with E-state index in [4.69, 9.17) is 0 Å². The van der Waals surface area contributed by atoms with Crippen molar-refractivity contribution < 1.29 is 21.6 Å². The number of anilines is 2. The van der Waals surface area contributed by atoms with Crippen LogP contribution < -0.4 is 9.21 Å². The number of aryl methyl sites for hydroxylation is 1. The largest absolute Gasteiger partial charge is 0.368 e. The van der Waals surface area contributed by atoms with Crippen molar-refractivity contribution in [3.8, 4) is 0 Å². The molecule has 1 atom stereocenters. The number of rotatable bonds is 10. The summed E-state index contributed by atoms with van der Waals surface area (Å²) >= 11 is 0. The molecule has 0 N–H and O–H groups in total. The predicted octanol–water partition coefficient (Wildman–Crippen LogP) is 4.95. The molecule has 1 saturated heterocycles. The number of hydrogen-bond donors (Lipinski definition) is 0. The minimum Gasteiger partial charge on any atom is -0.368 e. The topological polar surface area (TPSA) is 111 Å². The fourth-order valence-electron chi connectivity index (χ4n) is 6.12. The standard InChI is InChI=1S/C37H39N5O5S2/c1-28-12-18-33(19-13-28)48(44,45)39(2)31-16-14-29(15-17-31)26-35(37(43)42-24-22-41(23-25-42)32-9-5-4-6-10-32)40(3)49(46,47)36-11-7-8-30-27-38-21-20-34(30)36/h4-21,27,35H,22-26H2,1-3H3/t35-/m0/s1. The second kappa shape index (κ2) is 14.0. The first-order valence-electron chi connectivity index (χ1n) is 16.0. The number of fused-ring (bicyclic) bond motifs is 1. The van der Waals surface area contributed by atoms with Crippen LogP contribution in [0.3, 0.4) is 0 Å². The van der Waals surface area contributed by atoms with Gasteiger partial charge in [-0.05, 0) is 67.4 Å². The third-order valence-corrected chi connectivity index (χ3v) is 12.9. The van der Waals surface area contributed by atoms with Crippen LogP contribution in [0.5, 0.6) is 0 Å². The number of likely N-dealkylation sites (N-methyl/N-ethyl adjacent to an activating group) is 1. The zero-order chi connectivity index (χ0) is 34.8. The number of aromatic nitrogens is 1. The van der Waals surface area contributed by atoms with E-state index in [0.29, 0.717) is 48.2 Å². The molecule has 10 nitrogen and oxygen atoms in total. The number of para-hydroxylation sites is 1. The van der Waals surface area contributed by atoms with Gasteiger partial charge in [0.1, 0.15) is 6.04 Å². The molecular weight excluding hydrogens is 659 g/mol. The van der Waals surface area contributed by atoms with Crippen molar-refractivity contribution >= 4 is 48.1 Å². The Labute approximate surface area is 288 Å². The molecule has 0 unspecified atom stereocenters. The first-order valence-corrected chi connectivity index (χ1v) is 18.9. The van der Waals surface area contributed by atoms with E-state index in [1.165, 1.54) is 22.7 Å². The lowest BCUT2D eigenvalue weighted by atomic mass is 10.0. The van der Waals surface area contributed by atoms with Gasteiger partial charge in [-0.25, -0.2) is 16.8 Å². The van der Waals surface area contributed by atoms with Crippen molar-refractivity contribution in [2.75, 3.05) is 49.5 Å². The van der Waals surface area contributed by atoms with E-state index in [-0.39, 0.29) is 22.1 Å². The average molecular weight is 698 g/mol. The normalized spacial score (nSPS) is 14.6. The van der Waals surface area contributed by atoms with Gasteiger partial charge in [0.25, 0.3) is 10.0 Å². The Morgan fingerprint density at radius 3 is 2.12 bits per heavy atom. The summed E-state index contributed by atoms with van der Waals surface area (Å²) in [6.07, 6.45) is 3.25. The van der Waals surface area contributed by atoms with Crippen LogP contribution >= 0.6 is 0 Å². The summed E-state index contributed by atoms with van der Waals surface area (Å²) in [5.41, 5.74) is 3.16. The molecule has 1 aromatic heterocycles. The molecule has 0 radical (unpaired) electrons. The molecule has 6 rings (SSSR count). The highest BCUT2D eigenvalue weighted by molar-refractivity contribution is 7.92. The molecule has 12 heteroatoms. The van der Waals surface area contributed by atoms with Crippen LogP contribution in [0.15, 0.2) is 125 Å². The van der Waals surface area contributed by atoms with E-state index < -0.39 is 26.1 Å². The maximum Gasteiger partial charge on any atom is 0.264 e. The first kappa shape index (κ1) is 34.1. The van der Waals surface area contributed by atoms with Gasteiger partial charge in [-0.1, -0.05) is 60.2 Å². The highest BCUT2D eigenvalue weighted by Gasteiger charge is 2.37. The Kier molecular flexibility index (Phi) is 9.73. The lowest BCUT2D eigenvalue weighted by molar-refractivity contribution is -0.135. The van der Waals surface area contributed by atoms with E-state index in [1.54, 1.807) is 90.1 Å². The van der Waals surface area contributed by atoms with Gasteiger partial charge in [-0.2, -0.15) is 4.31 Å². The van der Waals surface area contributed by atoms with Crippen LogP contribution in [0.1, 0.15) is 11.1 Å². The fraction of sp³-hybridized carbons (Fsp3) is 0.243. The van der Waals surface area contributed by atoms with Crippen molar-refractivity contribution in [2.24, 2.45) is 0 Å². The fourth-order valence-corrected chi connectivity index (χ4v) is 8.84. The molecule has 1 aliphatic heterocycles. The van der Waals surface area contributed by atoms with Crippen molar-refractivity contribution in [2.45, 2.75) is 29.2 Å². The third-order valence-electron chi connectivity index (χ3n) is 9.14. The van der Waals surface area contributed by atoms with Gasteiger partial charge in [0, 0.05) is 69.1 Å². The lowest BCUT2D eigenvalue weighted by Crippen LogP contribution is -2.56. The molecule has 0 bridgehead atoms. The number of pyridine rings is 1. The van der Waals surface area contributed by atoms with E-state index in [2.05, 4.69) is 9.88 Å². The predicted molar refractivity (Wildman–Crippen MR) is 193 cm³/mol. The zero-order valence-electron chi connectivity index (χ0n) is 27.7. The van der Waals surface area contributed by atoms with Gasteiger partial charge in [0.05, 0.1) is 15.5 Å². The Morgan fingerprint density at radius 1 is 0.776 bits per heavy atom. The Bertz CT molecular complexity index is 2150. The molecular formula is C37H39N5O5S2. The molecule has 49 heavy (non-hydrogen) atoms. The van der Waals surface area contributed by atoms with Crippen molar-refractivity contribution in [1.29, 1.82) is 0 Å². The lowest BCUT2D eigenvalue weighted by Gasteiger charge is -2.39. The number of carbonyl (C=O) groups excluding carboxylic acids is 1. The third kappa shape index (κ3) is 7.03. The number of benzene rings is 4. The Morgan fingerprint density at radius 2 is 1.45 bits per heavy atom. The quantitative estimate of drug-likeness (QED) is 0.203. The molecule has 5 aromatic rings. The van der Waals surface area contributed by atoms with Crippen LogP contribution in [-0.4, -0.2) is 83.2 Å². The highest BCUT2D eigenvalue weighted by Crippen LogP contribution is 2.29. The van der Waals surface area contributed by atoms with E-state index in [0.717, 1.165) is 11.3 Å². The van der Waals surface area contributed by atoms with E-state index in [9.17, 15) is 21.6 Å². The first-order chi connectivity index (χ1) is 23.5. The summed E-state index contributed by atoms with van der Waals surface area (Å²) in [5.74, 6) is -0.288. The monoisotopic (exact) mass is 697 g/mol. The number of amides is 1. The molecule has 1 fully saturated rings. The number of hydrogen-bond acceptors (Lipinski definition) is 7. The summed E-state index contributed by atoms with van der Waals surface area (Å²) in [6.45, 7) is 4.01. The van der Waals surface area contributed by atoms with E-state index >= 15 is 0 Å². The molecule has 1 aliphatic rings. The molecule has 4 aromatic carbocycles. The van der Waals surface area contributed by atoms with Crippen molar-refractivity contribution in [3.05, 3.63) is 127 Å². The molecule has 1 amide bonds. The average Bonchev–Trinajstić information content (AvgIpc) is 3.13. The zero-order valence-corrected chi connectivity index (χ0v) is 29.3. The highest BCUT2D eigenvalue weighted by atomic mass is 32.2. The summed E-state index contributed by atoms with van der Waals surface area (Å²) in [7, 11) is -4.99. The van der Waals surface area contributed by atoms with Crippen molar-refractivity contribution in [3.63, 3.8) is 0 Å². The minimum absolute atomic E-state index is 0.0918. The molecule has 2 heterocycles. The molecule has 0 aliphatic carbocycles. The number of carbonyl (C=O) groups is 1. The Balaban J connectivity index is 1.28. The number of sulfonamides is 2. The summed E-state index contributed by atoms with van der Waals surface area (Å²) < 4.78 is 57.5. The van der Waals surface area contributed by atoms with Gasteiger partial charge in [0.2, 0.25) is 15.9 Å². The number of nitrogens with zero attached hydrogens (tertiary/aromatic N) is 5. The van der Waals surface area contributed by atoms with Crippen LogP contribution in [0.2, 0.25) is 0 Å². The SMILES string of the molecule is Cc1ccc(S(=O)(=O)N(C)c2ccc(C[C@@H](C(=O)N3CCN(c4ccccc4)CC3)N(C)S(=O)(=O)c3cccc4cnccc34)cc2)cc1. The second-order valence-corrected chi connectivity index (χ2v) is 16.1. The summed E-state index contributed by atoms with van der Waals surface area (Å²) in [5, 5.41) is 1.20. The Hall–Kier alpha value is -4.78. The van der Waals surface area contributed by atoms with Gasteiger partial charge < -0.3 is 9.80 Å². The maximum atomic E-state index is 14.3. The van der Waals surface area contributed by atoms with Gasteiger partial charge >= 0.3 is 0 Å². The van der Waals surface area contributed by atoms with Crippen LogP contribution in [0.4, 0.5) is 11.4 Å². The molecule has 0 spiro atoms.